The molecular formula is C20H29IN4. The van der Waals surface area contributed by atoms with Gasteiger partial charge in [0.2, 0.25) is 0 Å². The van der Waals surface area contributed by atoms with Crippen molar-refractivity contribution in [3.63, 3.8) is 0 Å². The molecule has 0 atom stereocenters. The Bertz CT molecular complexity index is 696. The molecule has 0 aromatic heterocycles. The van der Waals surface area contributed by atoms with Crippen molar-refractivity contribution in [2.75, 3.05) is 19.4 Å². The molecular weight excluding hydrogens is 423 g/mol. The first kappa shape index (κ1) is 21.4. The number of aliphatic imine (C=N–C) groups is 1. The van der Waals surface area contributed by atoms with Crippen LogP contribution in [0.4, 0.5) is 5.69 Å². The number of guanidine groups is 1. The average Bonchev–Trinajstić information content (AvgIpc) is 2.53. The van der Waals surface area contributed by atoms with Crippen LogP contribution in [0.25, 0.3) is 0 Å². The molecule has 0 saturated carbocycles. The normalized spacial score (nSPS) is 11.5. The summed E-state index contributed by atoms with van der Waals surface area (Å²) < 4.78 is 0. The van der Waals surface area contributed by atoms with Gasteiger partial charge >= 0.3 is 0 Å². The highest BCUT2D eigenvalue weighted by atomic mass is 127. The minimum Gasteiger partial charge on any atom is -0.370 e. The molecule has 4 nitrogen and oxygen atoms in total. The summed E-state index contributed by atoms with van der Waals surface area (Å²) in [6, 6.07) is 16.7. The molecule has 2 aromatic rings. The SMILES string of the molecule is CC(C)c1cccc(NC(N)=NCc2cccc(CN(C)C)c2)c1.I. The van der Waals surface area contributed by atoms with Gasteiger partial charge in [0, 0.05) is 12.2 Å². The van der Waals surface area contributed by atoms with Gasteiger partial charge in [-0.1, -0.05) is 50.2 Å². The Balaban J connectivity index is 0.00000312. The maximum Gasteiger partial charge on any atom is 0.193 e. The van der Waals surface area contributed by atoms with Gasteiger partial charge in [-0.15, -0.1) is 24.0 Å². The number of benzene rings is 2. The largest absolute Gasteiger partial charge is 0.370 e. The number of nitrogens with one attached hydrogen (secondary N) is 1. The molecule has 0 heterocycles. The number of anilines is 1. The van der Waals surface area contributed by atoms with Gasteiger partial charge in [-0.05, 0) is 48.8 Å². The third-order valence-electron chi connectivity index (χ3n) is 3.75. The second kappa shape index (κ2) is 10.4. The molecule has 0 bridgehead atoms. The van der Waals surface area contributed by atoms with Gasteiger partial charge < -0.3 is 16.0 Å². The predicted molar refractivity (Wildman–Crippen MR) is 119 cm³/mol. The molecule has 3 N–H and O–H groups in total. The minimum atomic E-state index is 0. The van der Waals surface area contributed by atoms with E-state index in [1.807, 2.05) is 12.1 Å². The molecule has 0 amide bonds. The molecule has 25 heavy (non-hydrogen) atoms. The lowest BCUT2D eigenvalue weighted by atomic mass is 10.0. The fourth-order valence-corrected chi connectivity index (χ4v) is 2.53. The zero-order chi connectivity index (χ0) is 17.5. The van der Waals surface area contributed by atoms with E-state index in [1.165, 1.54) is 11.1 Å². The van der Waals surface area contributed by atoms with Crippen LogP contribution in [0.5, 0.6) is 0 Å². The van der Waals surface area contributed by atoms with Crippen LogP contribution < -0.4 is 11.1 Å². The molecule has 0 aliphatic heterocycles. The molecule has 0 aliphatic rings. The average molecular weight is 452 g/mol. The number of rotatable bonds is 6. The van der Waals surface area contributed by atoms with Gasteiger partial charge in [0.15, 0.2) is 5.96 Å². The zero-order valence-electron chi connectivity index (χ0n) is 15.5. The van der Waals surface area contributed by atoms with Gasteiger partial charge in [0.1, 0.15) is 0 Å². The van der Waals surface area contributed by atoms with Crippen molar-refractivity contribution in [3.8, 4) is 0 Å². The van der Waals surface area contributed by atoms with Gasteiger partial charge in [-0.3, -0.25) is 0 Å². The highest BCUT2D eigenvalue weighted by molar-refractivity contribution is 14.0. The van der Waals surface area contributed by atoms with Crippen LogP contribution >= 0.6 is 24.0 Å². The first-order chi connectivity index (χ1) is 11.4. The smallest absolute Gasteiger partial charge is 0.193 e. The molecule has 0 spiro atoms. The van der Waals surface area contributed by atoms with Crippen LogP contribution in [0.2, 0.25) is 0 Å². The zero-order valence-corrected chi connectivity index (χ0v) is 17.8. The Morgan fingerprint density at radius 2 is 1.76 bits per heavy atom. The van der Waals surface area contributed by atoms with Gasteiger partial charge in [-0.2, -0.15) is 0 Å². The van der Waals surface area contributed by atoms with E-state index < -0.39 is 0 Å². The number of hydrogen-bond acceptors (Lipinski definition) is 2. The Morgan fingerprint density at radius 3 is 2.44 bits per heavy atom. The lowest BCUT2D eigenvalue weighted by Crippen LogP contribution is -2.22. The first-order valence-corrected chi connectivity index (χ1v) is 8.33. The van der Waals surface area contributed by atoms with Crippen molar-refractivity contribution >= 4 is 35.6 Å². The third kappa shape index (κ3) is 7.44. The van der Waals surface area contributed by atoms with Crippen molar-refractivity contribution < 1.29 is 0 Å². The fraction of sp³-hybridized carbons (Fsp3) is 0.350. The summed E-state index contributed by atoms with van der Waals surface area (Å²) in [5, 5.41) is 3.17. The van der Waals surface area contributed by atoms with E-state index in [0.29, 0.717) is 18.4 Å². The molecule has 2 rings (SSSR count). The van der Waals surface area contributed by atoms with E-state index in [-0.39, 0.29) is 24.0 Å². The molecule has 5 heteroatoms. The van der Waals surface area contributed by atoms with Crippen LogP contribution in [-0.2, 0) is 13.1 Å². The van der Waals surface area contributed by atoms with Gasteiger partial charge in [-0.25, -0.2) is 4.99 Å². The second-order valence-corrected chi connectivity index (χ2v) is 6.66. The molecule has 0 unspecified atom stereocenters. The van der Waals surface area contributed by atoms with Gasteiger partial charge in [0.25, 0.3) is 0 Å². The Labute approximate surface area is 168 Å². The summed E-state index contributed by atoms with van der Waals surface area (Å²) in [4.78, 5) is 6.61. The minimum absolute atomic E-state index is 0. The number of nitrogens with two attached hydrogens (primary N) is 1. The number of hydrogen-bond donors (Lipinski definition) is 2. The molecule has 136 valence electrons. The lowest BCUT2D eigenvalue weighted by molar-refractivity contribution is 0.402. The molecule has 0 saturated heterocycles. The quantitative estimate of drug-likeness (QED) is 0.388. The molecule has 0 radical (unpaired) electrons. The van der Waals surface area contributed by atoms with Gasteiger partial charge in [0.05, 0.1) is 6.54 Å². The maximum absolute atomic E-state index is 6.03. The fourth-order valence-electron chi connectivity index (χ4n) is 2.53. The highest BCUT2D eigenvalue weighted by Gasteiger charge is 2.02. The highest BCUT2D eigenvalue weighted by Crippen LogP contribution is 2.18. The maximum atomic E-state index is 6.03. The number of nitrogens with zero attached hydrogens (tertiary/aromatic N) is 2. The summed E-state index contributed by atoms with van der Waals surface area (Å²) in [5.74, 6) is 0.929. The van der Waals surface area contributed by atoms with Crippen LogP contribution in [0.15, 0.2) is 53.5 Å². The van der Waals surface area contributed by atoms with E-state index in [4.69, 9.17) is 5.73 Å². The van der Waals surface area contributed by atoms with Crippen molar-refractivity contribution in [2.45, 2.75) is 32.9 Å². The Kier molecular flexibility index (Phi) is 8.92. The first-order valence-electron chi connectivity index (χ1n) is 8.33. The molecule has 0 fully saturated rings. The monoisotopic (exact) mass is 452 g/mol. The van der Waals surface area contributed by atoms with E-state index in [1.54, 1.807) is 0 Å². The lowest BCUT2D eigenvalue weighted by Gasteiger charge is -2.11. The molecule has 0 aliphatic carbocycles. The van der Waals surface area contributed by atoms with E-state index in [0.717, 1.165) is 17.8 Å². The third-order valence-corrected chi connectivity index (χ3v) is 3.75. The summed E-state index contributed by atoms with van der Waals surface area (Å²) in [7, 11) is 4.13. The summed E-state index contributed by atoms with van der Waals surface area (Å²) in [6.07, 6.45) is 0. The van der Waals surface area contributed by atoms with Crippen molar-refractivity contribution in [1.29, 1.82) is 0 Å². The summed E-state index contributed by atoms with van der Waals surface area (Å²) in [5.41, 5.74) is 10.7. The van der Waals surface area contributed by atoms with Crippen LogP contribution in [0.1, 0.15) is 36.5 Å². The number of halogens is 1. The standard InChI is InChI=1S/C20H28N4.HI/c1-15(2)18-9-6-10-19(12-18)23-20(21)22-13-16-7-5-8-17(11-16)14-24(3)4;/h5-12,15H,13-14H2,1-4H3,(H3,21,22,23);1H. The predicted octanol–water partition coefficient (Wildman–Crippen LogP) is 4.42. The van der Waals surface area contributed by atoms with Crippen molar-refractivity contribution in [2.24, 2.45) is 10.7 Å². The van der Waals surface area contributed by atoms with E-state index in [9.17, 15) is 0 Å². The topological polar surface area (TPSA) is 53.6 Å². The van der Waals surface area contributed by atoms with Crippen molar-refractivity contribution in [1.82, 2.24) is 4.90 Å². The summed E-state index contributed by atoms with van der Waals surface area (Å²) >= 11 is 0. The Hall–Kier alpha value is -1.60. The van der Waals surface area contributed by atoms with E-state index in [2.05, 4.69) is 79.6 Å². The second-order valence-electron chi connectivity index (χ2n) is 6.66. The van der Waals surface area contributed by atoms with Crippen LogP contribution in [0.3, 0.4) is 0 Å². The Morgan fingerprint density at radius 1 is 1.08 bits per heavy atom. The van der Waals surface area contributed by atoms with Crippen molar-refractivity contribution in [3.05, 3.63) is 65.2 Å². The van der Waals surface area contributed by atoms with Crippen LogP contribution in [-0.4, -0.2) is 25.0 Å². The summed E-state index contributed by atoms with van der Waals surface area (Å²) in [6.45, 7) is 5.85. The molecule has 2 aromatic carbocycles. The van der Waals surface area contributed by atoms with E-state index >= 15 is 0 Å². The van der Waals surface area contributed by atoms with Crippen LogP contribution in [0, 0.1) is 0 Å².